The Morgan fingerprint density at radius 1 is 0.840 bits per heavy atom. The van der Waals surface area contributed by atoms with E-state index in [-0.39, 0.29) is 18.3 Å². The van der Waals surface area contributed by atoms with Crippen molar-refractivity contribution in [1.82, 2.24) is 14.5 Å². The predicted molar refractivity (Wildman–Crippen MR) is 195 cm³/mol. The molecular formula is C40H48F3N3O3S. The third kappa shape index (κ3) is 10.7. The molecule has 1 N–H and O–H groups in total. The molecule has 0 aliphatic heterocycles. The van der Waals surface area contributed by atoms with Gasteiger partial charge in [0.2, 0.25) is 5.91 Å². The monoisotopic (exact) mass is 707 g/mol. The number of hydrogen-bond donors (Lipinski definition) is 1. The molecule has 0 spiro atoms. The van der Waals surface area contributed by atoms with Gasteiger partial charge in [0.05, 0.1) is 11.4 Å². The van der Waals surface area contributed by atoms with Crippen LogP contribution in [0, 0.1) is 20.8 Å². The summed E-state index contributed by atoms with van der Waals surface area (Å²) in [6.07, 6.45) is 3.69. The first kappa shape index (κ1) is 38.7. The minimum absolute atomic E-state index is 0.137. The van der Waals surface area contributed by atoms with E-state index in [1.54, 1.807) is 36.4 Å². The fraction of sp³-hybridized carbons (Fsp3) is 0.425. The maximum absolute atomic E-state index is 13.6. The molecule has 0 aliphatic carbocycles. The molecule has 0 fully saturated rings. The van der Waals surface area contributed by atoms with Gasteiger partial charge < -0.3 is 4.74 Å². The SMILES string of the molecule is CCCCCCCCCC(=O)Oc1cc(C)cc(C)c1C(C)(C)CC(=O)NSc1ccc(-n2nc(C(F)(F)F)cc2-c2ccc(C)cc2)cc1. The van der Waals surface area contributed by atoms with E-state index in [2.05, 4.69) is 16.7 Å². The summed E-state index contributed by atoms with van der Waals surface area (Å²) in [4.78, 5) is 26.8. The third-order valence-electron chi connectivity index (χ3n) is 8.64. The van der Waals surface area contributed by atoms with Crippen molar-refractivity contribution in [3.8, 4) is 22.7 Å². The number of nitrogens with zero attached hydrogens (tertiary/aromatic N) is 2. The van der Waals surface area contributed by atoms with Gasteiger partial charge in [-0.15, -0.1) is 0 Å². The summed E-state index contributed by atoms with van der Waals surface area (Å²) in [6.45, 7) is 11.9. The molecule has 10 heteroatoms. The number of esters is 1. The molecule has 4 aromatic rings. The lowest BCUT2D eigenvalue weighted by Crippen LogP contribution is -2.29. The first-order valence-corrected chi connectivity index (χ1v) is 18.1. The van der Waals surface area contributed by atoms with Crippen LogP contribution in [0.1, 0.15) is 107 Å². The highest BCUT2D eigenvalue weighted by atomic mass is 32.2. The van der Waals surface area contributed by atoms with Crippen molar-refractivity contribution < 1.29 is 27.5 Å². The van der Waals surface area contributed by atoms with Crippen molar-refractivity contribution in [1.29, 1.82) is 0 Å². The Morgan fingerprint density at radius 2 is 1.48 bits per heavy atom. The molecule has 0 radical (unpaired) electrons. The number of halogens is 3. The number of amides is 1. The van der Waals surface area contributed by atoms with Crippen LogP contribution in [0.5, 0.6) is 5.75 Å². The number of aryl methyl sites for hydroxylation is 3. The number of nitrogens with one attached hydrogen (secondary N) is 1. The first-order chi connectivity index (χ1) is 23.7. The number of ether oxygens (including phenoxy) is 1. The number of carbonyl (C=O) groups is 2. The Labute approximate surface area is 298 Å². The Morgan fingerprint density at radius 3 is 2.12 bits per heavy atom. The molecule has 3 aromatic carbocycles. The summed E-state index contributed by atoms with van der Waals surface area (Å²) in [5, 5.41) is 3.88. The Hall–Kier alpha value is -4.05. The van der Waals surface area contributed by atoms with Crippen LogP contribution in [-0.2, 0) is 21.2 Å². The fourth-order valence-electron chi connectivity index (χ4n) is 6.22. The van der Waals surface area contributed by atoms with E-state index in [0.29, 0.717) is 34.0 Å². The molecule has 1 aromatic heterocycles. The normalized spacial score (nSPS) is 11.9. The highest BCUT2D eigenvalue weighted by molar-refractivity contribution is 7.98. The lowest BCUT2D eigenvalue weighted by atomic mass is 9.78. The average molecular weight is 708 g/mol. The molecule has 0 saturated carbocycles. The van der Waals surface area contributed by atoms with Crippen LogP contribution in [0.2, 0.25) is 0 Å². The summed E-state index contributed by atoms with van der Waals surface area (Å²) in [7, 11) is 0. The van der Waals surface area contributed by atoms with Gasteiger partial charge in [-0.1, -0.05) is 95.2 Å². The van der Waals surface area contributed by atoms with E-state index < -0.39 is 17.3 Å². The topological polar surface area (TPSA) is 73.2 Å². The van der Waals surface area contributed by atoms with E-state index in [9.17, 15) is 22.8 Å². The molecule has 4 rings (SSSR count). The van der Waals surface area contributed by atoms with Crippen LogP contribution < -0.4 is 9.46 Å². The van der Waals surface area contributed by atoms with Crippen molar-refractivity contribution in [2.24, 2.45) is 0 Å². The fourth-order valence-corrected chi connectivity index (χ4v) is 6.80. The van der Waals surface area contributed by atoms with E-state index in [4.69, 9.17) is 4.74 Å². The molecule has 268 valence electrons. The summed E-state index contributed by atoms with van der Waals surface area (Å²) >= 11 is 1.12. The van der Waals surface area contributed by atoms with Gasteiger partial charge >= 0.3 is 12.1 Å². The summed E-state index contributed by atoms with van der Waals surface area (Å²) in [5.41, 5.74) is 3.50. The van der Waals surface area contributed by atoms with Gasteiger partial charge in [0.15, 0.2) is 5.69 Å². The smallest absolute Gasteiger partial charge is 0.426 e. The maximum atomic E-state index is 13.6. The Balaban J connectivity index is 1.40. The van der Waals surface area contributed by atoms with Gasteiger partial charge in [0, 0.05) is 34.3 Å². The van der Waals surface area contributed by atoms with E-state index >= 15 is 0 Å². The zero-order valence-corrected chi connectivity index (χ0v) is 30.7. The number of unbranched alkanes of at least 4 members (excludes halogenated alkanes) is 6. The second kappa shape index (κ2) is 17.2. The van der Waals surface area contributed by atoms with E-state index in [1.807, 2.05) is 58.9 Å². The number of hydrogen-bond acceptors (Lipinski definition) is 5. The highest BCUT2D eigenvalue weighted by Gasteiger charge is 2.35. The first-order valence-electron chi connectivity index (χ1n) is 17.3. The van der Waals surface area contributed by atoms with E-state index in [0.717, 1.165) is 59.5 Å². The molecular weight excluding hydrogens is 660 g/mol. The van der Waals surface area contributed by atoms with Gasteiger partial charge in [0.25, 0.3) is 0 Å². The molecule has 0 saturated heterocycles. The van der Waals surface area contributed by atoms with Crippen molar-refractivity contribution in [2.75, 3.05) is 0 Å². The van der Waals surface area contributed by atoms with Crippen molar-refractivity contribution in [2.45, 2.75) is 116 Å². The predicted octanol–water partition coefficient (Wildman–Crippen LogP) is 11.0. The summed E-state index contributed by atoms with van der Waals surface area (Å²) in [5.74, 6) is 0.0153. The number of carbonyl (C=O) groups excluding carboxylic acids is 2. The molecule has 1 amide bonds. The Kier molecular flexibility index (Phi) is 13.4. The molecule has 0 bridgehead atoms. The highest BCUT2D eigenvalue weighted by Crippen LogP contribution is 2.39. The zero-order chi connectivity index (χ0) is 36.5. The molecule has 50 heavy (non-hydrogen) atoms. The third-order valence-corrected chi connectivity index (χ3v) is 9.48. The summed E-state index contributed by atoms with van der Waals surface area (Å²) in [6, 6.07) is 19.0. The minimum Gasteiger partial charge on any atom is -0.426 e. The van der Waals surface area contributed by atoms with Gasteiger partial charge in [-0.2, -0.15) is 18.3 Å². The van der Waals surface area contributed by atoms with Crippen LogP contribution in [-0.4, -0.2) is 21.7 Å². The number of alkyl halides is 3. The summed E-state index contributed by atoms with van der Waals surface area (Å²) < 4.78 is 50.9. The van der Waals surface area contributed by atoms with Gasteiger partial charge in [-0.05, 0) is 86.7 Å². The lowest BCUT2D eigenvalue weighted by molar-refractivity contribution is -0.141. The van der Waals surface area contributed by atoms with Crippen molar-refractivity contribution in [3.63, 3.8) is 0 Å². The Bertz CT molecular complexity index is 1750. The standard InChI is InChI=1S/C40H48F3N3O3S/c1-7-8-9-10-11-12-13-14-37(48)49-34-24-28(3)23-29(4)38(34)39(5,6)26-36(47)45-50-32-21-19-31(20-22-32)46-33(25-35(44-46)40(41,42)43)30-17-15-27(2)16-18-30/h15-25H,7-14,26H2,1-6H3,(H,45,47). The largest absolute Gasteiger partial charge is 0.435 e. The molecule has 1 heterocycles. The van der Waals surface area contributed by atoms with Crippen LogP contribution in [0.15, 0.2) is 71.6 Å². The molecule has 0 unspecified atom stereocenters. The lowest BCUT2D eigenvalue weighted by Gasteiger charge is -2.29. The average Bonchev–Trinajstić information content (AvgIpc) is 3.50. The van der Waals surface area contributed by atoms with Crippen LogP contribution in [0.3, 0.4) is 0 Å². The van der Waals surface area contributed by atoms with Crippen molar-refractivity contribution >= 4 is 23.8 Å². The molecule has 6 nitrogen and oxygen atoms in total. The quantitative estimate of drug-likeness (QED) is 0.0543. The second-order valence-corrected chi connectivity index (χ2v) is 14.6. The molecule has 0 aliphatic rings. The minimum atomic E-state index is -4.59. The van der Waals surface area contributed by atoms with Crippen molar-refractivity contribution in [3.05, 3.63) is 94.7 Å². The number of benzene rings is 3. The zero-order valence-electron chi connectivity index (χ0n) is 29.9. The van der Waals surface area contributed by atoms with Crippen LogP contribution in [0.25, 0.3) is 16.9 Å². The van der Waals surface area contributed by atoms with Crippen LogP contribution in [0.4, 0.5) is 13.2 Å². The molecule has 0 atom stereocenters. The van der Waals surface area contributed by atoms with Gasteiger partial charge in [-0.3, -0.25) is 14.3 Å². The van der Waals surface area contributed by atoms with Gasteiger partial charge in [0.1, 0.15) is 5.75 Å². The number of aromatic nitrogens is 2. The van der Waals surface area contributed by atoms with Gasteiger partial charge in [-0.25, -0.2) is 4.68 Å². The number of rotatable bonds is 16. The van der Waals surface area contributed by atoms with Crippen LogP contribution >= 0.6 is 11.9 Å². The second-order valence-electron chi connectivity index (χ2n) is 13.7. The maximum Gasteiger partial charge on any atom is 0.435 e. The van der Waals surface area contributed by atoms with E-state index in [1.165, 1.54) is 30.4 Å².